The summed E-state index contributed by atoms with van der Waals surface area (Å²) in [6.07, 6.45) is 1.78. The number of pyridine rings is 1. The molecule has 7 heteroatoms. The van der Waals surface area contributed by atoms with Crippen LogP contribution in [0.2, 0.25) is 0 Å². The molecule has 0 aliphatic carbocycles. The van der Waals surface area contributed by atoms with E-state index in [2.05, 4.69) is 31.2 Å². The summed E-state index contributed by atoms with van der Waals surface area (Å²) in [7, 11) is 3.97. The zero-order chi connectivity index (χ0) is 13.8. The highest BCUT2D eigenvalue weighted by molar-refractivity contribution is 9.10. The molecule has 2 N–H and O–H groups in total. The molecule has 2 aromatic rings. The summed E-state index contributed by atoms with van der Waals surface area (Å²) in [4.78, 5) is 10.6. The average molecular weight is 343 g/mol. The van der Waals surface area contributed by atoms with Crippen molar-refractivity contribution in [1.29, 1.82) is 0 Å². The van der Waals surface area contributed by atoms with Gasteiger partial charge in [-0.2, -0.15) is 0 Å². The second-order valence-corrected chi connectivity index (χ2v) is 5.96. The van der Waals surface area contributed by atoms with Crippen LogP contribution in [0.5, 0.6) is 0 Å². The van der Waals surface area contributed by atoms with Crippen molar-refractivity contribution in [3.8, 4) is 0 Å². The molecule has 0 atom stereocenters. The topological polar surface area (TPSA) is 61.3 Å². The number of rotatable bonds is 5. The van der Waals surface area contributed by atoms with Crippen molar-refractivity contribution in [3.63, 3.8) is 0 Å². The molecule has 0 bridgehead atoms. The predicted octanol–water partition coefficient (Wildman–Crippen LogP) is 2.47. The van der Waals surface area contributed by atoms with E-state index in [1.54, 1.807) is 6.20 Å². The molecule has 2 heterocycles. The van der Waals surface area contributed by atoms with Gasteiger partial charge in [-0.1, -0.05) is 0 Å². The number of aromatic nitrogens is 2. The summed E-state index contributed by atoms with van der Waals surface area (Å²) >= 11 is 5.00. The van der Waals surface area contributed by atoms with Gasteiger partial charge in [0.2, 0.25) is 0 Å². The molecular weight excluding hydrogens is 328 g/mol. The lowest BCUT2D eigenvalue weighted by atomic mass is 10.3. The molecule has 0 aliphatic rings. The van der Waals surface area contributed by atoms with E-state index in [-0.39, 0.29) is 6.61 Å². The van der Waals surface area contributed by atoms with Gasteiger partial charge in [-0.05, 0) is 15.9 Å². The molecule has 2 aromatic heterocycles. The zero-order valence-electron chi connectivity index (χ0n) is 10.7. The van der Waals surface area contributed by atoms with Gasteiger partial charge in [-0.15, -0.1) is 11.3 Å². The summed E-state index contributed by atoms with van der Waals surface area (Å²) in [5.41, 5.74) is 1.77. The van der Waals surface area contributed by atoms with E-state index in [0.717, 1.165) is 21.0 Å². The van der Waals surface area contributed by atoms with Gasteiger partial charge in [-0.25, -0.2) is 9.97 Å². The van der Waals surface area contributed by atoms with Gasteiger partial charge >= 0.3 is 0 Å². The van der Waals surface area contributed by atoms with E-state index in [1.807, 2.05) is 30.4 Å². The van der Waals surface area contributed by atoms with E-state index in [4.69, 9.17) is 5.11 Å². The largest absolute Gasteiger partial charge is 0.390 e. The monoisotopic (exact) mass is 342 g/mol. The molecule has 0 aromatic carbocycles. The van der Waals surface area contributed by atoms with Crippen LogP contribution in [-0.2, 0) is 13.2 Å². The molecule has 19 heavy (non-hydrogen) atoms. The Morgan fingerprint density at radius 3 is 2.89 bits per heavy atom. The Morgan fingerprint density at radius 1 is 1.47 bits per heavy atom. The third-order valence-electron chi connectivity index (χ3n) is 2.50. The first-order chi connectivity index (χ1) is 9.10. The first-order valence-corrected chi connectivity index (χ1v) is 7.38. The molecule has 0 amide bonds. The molecule has 5 nitrogen and oxygen atoms in total. The van der Waals surface area contributed by atoms with Crippen LogP contribution >= 0.6 is 27.3 Å². The van der Waals surface area contributed by atoms with Crippen molar-refractivity contribution in [2.45, 2.75) is 13.2 Å². The fraction of sp³-hybridized carbons (Fsp3) is 0.333. The zero-order valence-corrected chi connectivity index (χ0v) is 13.1. The van der Waals surface area contributed by atoms with Crippen LogP contribution in [0, 0.1) is 0 Å². The number of nitrogens with zero attached hydrogens (tertiary/aromatic N) is 3. The van der Waals surface area contributed by atoms with Crippen LogP contribution < -0.4 is 10.2 Å². The van der Waals surface area contributed by atoms with Crippen molar-refractivity contribution >= 4 is 38.8 Å². The van der Waals surface area contributed by atoms with Crippen molar-refractivity contribution < 1.29 is 5.11 Å². The maximum Gasteiger partial charge on any atom is 0.128 e. The van der Waals surface area contributed by atoms with E-state index < -0.39 is 0 Å². The number of thiazole rings is 1. The van der Waals surface area contributed by atoms with Crippen LogP contribution in [0.1, 0.15) is 10.7 Å². The highest BCUT2D eigenvalue weighted by atomic mass is 79.9. The Balaban J connectivity index is 2.05. The Hall–Kier alpha value is -1.18. The fourth-order valence-electron chi connectivity index (χ4n) is 1.54. The van der Waals surface area contributed by atoms with Crippen LogP contribution in [0.15, 0.2) is 22.1 Å². The molecule has 0 saturated heterocycles. The van der Waals surface area contributed by atoms with Gasteiger partial charge in [0.15, 0.2) is 0 Å². The number of anilines is 2. The van der Waals surface area contributed by atoms with Gasteiger partial charge in [0, 0.05) is 31.7 Å². The molecule has 0 radical (unpaired) electrons. The molecular formula is C12H15BrN4OS. The number of nitrogens with one attached hydrogen (secondary N) is 1. The smallest absolute Gasteiger partial charge is 0.128 e. The van der Waals surface area contributed by atoms with E-state index in [1.165, 1.54) is 11.3 Å². The first-order valence-electron chi connectivity index (χ1n) is 5.71. The van der Waals surface area contributed by atoms with Gasteiger partial charge in [0.1, 0.15) is 10.8 Å². The van der Waals surface area contributed by atoms with Gasteiger partial charge in [0.25, 0.3) is 0 Å². The lowest BCUT2D eigenvalue weighted by Gasteiger charge is -2.15. The fourth-order valence-corrected chi connectivity index (χ4v) is 2.83. The van der Waals surface area contributed by atoms with Crippen molar-refractivity contribution in [3.05, 3.63) is 32.8 Å². The Bertz CT molecular complexity index is 558. The normalized spacial score (nSPS) is 10.5. The SMILES string of the molecule is CN(C)c1cc(NCc2nc(CO)cs2)ncc1Br. The molecule has 102 valence electrons. The van der Waals surface area contributed by atoms with Gasteiger partial charge in [0.05, 0.1) is 29.0 Å². The maximum absolute atomic E-state index is 8.96. The Kier molecular flexibility index (Phi) is 4.73. The number of halogens is 1. The van der Waals surface area contributed by atoms with Crippen LogP contribution in [0.3, 0.4) is 0 Å². The average Bonchev–Trinajstić information content (AvgIpc) is 2.85. The minimum absolute atomic E-state index is 0.0161. The van der Waals surface area contributed by atoms with E-state index >= 15 is 0 Å². The van der Waals surface area contributed by atoms with Crippen molar-refractivity contribution in [1.82, 2.24) is 9.97 Å². The minimum Gasteiger partial charge on any atom is -0.390 e. The summed E-state index contributed by atoms with van der Waals surface area (Å²) in [5, 5.41) is 15.0. The van der Waals surface area contributed by atoms with Crippen molar-refractivity contribution in [2.24, 2.45) is 0 Å². The molecule has 0 aliphatic heterocycles. The molecule has 0 spiro atoms. The van der Waals surface area contributed by atoms with Crippen LogP contribution in [-0.4, -0.2) is 29.2 Å². The predicted molar refractivity (Wildman–Crippen MR) is 81.6 cm³/mol. The second-order valence-electron chi connectivity index (χ2n) is 4.16. The Morgan fingerprint density at radius 2 is 2.26 bits per heavy atom. The lowest BCUT2D eigenvalue weighted by molar-refractivity contribution is 0.277. The molecule has 2 rings (SSSR count). The highest BCUT2D eigenvalue weighted by Crippen LogP contribution is 2.26. The number of hydrogen-bond donors (Lipinski definition) is 2. The summed E-state index contributed by atoms with van der Waals surface area (Å²) < 4.78 is 0.958. The minimum atomic E-state index is -0.0161. The standard InChI is InChI=1S/C12H15BrN4OS/c1-17(2)10-3-11(14-4-9(10)13)15-5-12-16-8(6-18)7-19-12/h3-4,7,18H,5-6H2,1-2H3,(H,14,15). The molecule has 0 saturated carbocycles. The molecule has 0 unspecified atom stereocenters. The van der Waals surface area contributed by atoms with Gasteiger partial charge < -0.3 is 15.3 Å². The van der Waals surface area contributed by atoms with Crippen molar-refractivity contribution in [2.75, 3.05) is 24.3 Å². The van der Waals surface area contributed by atoms with E-state index in [0.29, 0.717) is 12.2 Å². The number of aliphatic hydroxyl groups is 1. The van der Waals surface area contributed by atoms with Crippen LogP contribution in [0.4, 0.5) is 11.5 Å². The third-order valence-corrected chi connectivity index (χ3v) is 4.01. The summed E-state index contributed by atoms with van der Waals surface area (Å²) in [6.45, 7) is 0.587. The van der Waals surface area contributed by atoms with Gasteiger partial charge in [-0.3, -0.25) is 0 Å². The van der Waals surface area contributed by atoms with E-state index in [9.17, 15) is 0 Å². The second kappa shape index (κ2) is 6.31. The third kappa shape index (κ3) is 3.65. The maximum atomic E-state index is 8.96. The first kappa shape index (κ1) is 14.2. The summed E-state index contributed by atoms with van der Waals surface area (Å²) in [6, 6.07) is 1.98. The summed E-state index contributed by atoms with van der Waals surface area (Å²) in [5.74, 6) is 0.799. The lowest BCUT2D eigenvalue weighted by Crippen LogP contribution is -2.10. The Labute approximate surface area is 124 Å². The highest BCUT2D eigenvalue weighted by Gasteiger charge is 2.06. The number of hydrogen-bond acceptors (Lipinski definition) is 6. The quantitative estimate of drug-likeness (QED) is 0.873. The van der Waals surface area contributed by atoms with Crippen LogP contribution in [0.25, 0.3) is 0 Å². The molecule has 0 fully saturated rings. The number of aliphatic hydroxyl groups excluding tert-OH is 1.